The molecule has 0 spiro atoms. The van der Waals surface area contributed by atoms with Gasteiger partial charge in [-0.2, -0.15) is 0 Å². The highest BCUT2D eigenvalue weighted by Crippen LogP contribution is 2.43. The van der Waals surface area contributed by atoms with Crippen LogP contribution in [0.1, 0.15) is 258 Å². The number of allylic oxidation sites excluding steroid dienone is 2. The van der Waals surface area contributed by atoms with Crippen molar-refractivity contribution >= 4 is 19.8 Å². The summed E-state index contributed by atoms with van der Waals surface area (Å²) in [5.74, 6) is -0.911. The zero-order valence-electron chi connectivity index (χ0n) is 39.7. The molecule has 3 atom stereocenters. The van der Waals surface area contributed by atoms with Crippen molar-refractivity contribution in [3.05, 3.63) is 12.2 Å². The number of hydrogen-bond acceptors (Lipinski definition) is 9. The van der Waals surface area contributed by atoms with E-state index in [4.69, 9.17) is 23.6 Å². The molecule has 0 aliphatic carbocycles. The van der Waals surface area contributed by atoms with Crippen LogP contribution < -0.4 is 0 Å². The molecule has 0 bridgehead atoms. The Hall–Kier alpha value is -1.29. The van der Waals surface area contributed by atoms with Crippen LogP contribution in [0.25, 0.3) is 0 Å². The Labute approximate surface area is 375 Å². The number of carbonyl (C=O) groups is 2. The molecule has 61 heavy (non-hydrogen) atoms. The standard InChI is InChI=1S/C50H97O10P/c1-3-5-7-9-11-13-15-17-19-20-21-22-23-24-25-26-28-30-32-34-36-38-40-42-50(54)60-48(46-59-61(55,56)58-44-47(52)43-51)45-57-49(53)41-39-37-35-33-31-29-27-18-16-14-12-10-8-6-4-2/h10,12,47-48,51-52H,3-9,11,13-46H2,1-2H3,(H,55,56)/b12-10+/t47-,48+/m0/s1. The van der Waals surface area contributed by atoms with Crippen molar-refractivity contribution < 1.29 is 47.8 Å². The van der Waals surface area contributed by atoms with E-state index >= 15 is 0 Å². The molecule has 0 radical (unpaired) electrons. The Bertz CT molecular complexity index is 1020. The fourth-order valence-corrected chi connectivity index (χ4v) is 8.24. The van der Waals surface area contributed by atoms with Gasteiger partial charge in [0.25, 0.3) is 0 Å². The first-order valence-corrected chi connectivity index (χ1v) is 27.1. The third-order valence-electron chi connectivity index (χ3n) is 11.4. The van der Waals surface area contributed by atoms with Crippen LogP contribution in [0.3, 0.4) is 0 Å². The number of ether oxygens (including phenoxy) is 2. The van der Waals surface area contributed by atoms with Gasteiger partial charge in [0.1, 0.15) is 12.7 Å². The van der Waals surface area contributed by atoms with Crippen molar-refractivity contribution in [2.45, 2.75) is 270 Å². The van der Waals surface area contributed by atoms with Crippen molar-refractivity contribution in [3.63, 3.8) is 0 Å². The lowest BCUT2D eigenvalue weighted by molar-refractivity contribution is -0.161. The molecule has 0 amide bonds. The fraction of sp³-hybridized carbons (Fsp3) is 0.920. The fourth-order valence-electron chi connectivity index (χ4n) is 7.45. The molecule has 0 aliphatic heterocycles. The average Bonchev–Trinajstić information content (AvgIpc) is 3.25. The number of carbonyl (C=O) groups excluding carboxylic acids is 2. The molecule has 362 valence electrons. The Morgan fingerprint density at radius 2 is 0.820 bits per heavy atom. The highest BCUT2D eigenvalue weighted by Gasteiger charge is 2.27. The number of aliphatic hydroxyl groups is 2. The number of esters is 2. The Kier molecular flexibility index (Phi) is 45.7. The lowest BCUT2D eigenvalue weighted by atomic mass is 10.0. The van der Waals surface area contributed by atoms with Gasteiger partial charge in [0.05, 0.1) is 19.8 Å². The van der Waals surface area contributed by atoms with Gasteiger partial charge in [0, 0.05) is 12.8 Å². The molecule has 0 fully saturated rings. The van der Waals surface area contributed by atoms with Crippen molar-refractivity contribution in [3.8, 4) is 0 Å². The van der Waals surface area contributed by atoms with Gasteiger partial charge in [-0.05, 0) is 32.1 Å². The van der Waals surface area contributed by atoms with E-state index in [1.165, 1.54) is 180 Å². The summed E-state index contributed by atoms with van der Waals surface area (Å²) in [7, 11) is -4.62. The predicted octanol–water partition coefficient (Wildman–Crippen LogP) is 14.3. The van der Waals surface area contributed by atoms with Crippen LogP contribution in [0.15, 0.2) is 12.2 Å². The van der Waals surface area contributed by atoms with Crippen LogP contribution in [0.5, 0.6) is 0 Å². The molecule has 0 heterocycles. The Balaban J connectivity index is 4.10. The summed E-state index contributed by atoms with van der Waals surface area (Å²) in [5.41, 5.74) is 0. The maximum absolute atomic E-state index is 12.7. The summed E-state index contributed by atoms with van der Waals surface area (Å²) >= 11 is 0. The first-order chi connectivity index (χ1) is 29.7. The van der Waals surface area contributed by atoms with E-state index in [1.54, 1.807) is 0 Å². The molecule has 1 unspecified atom stereocenters. The largest absolute Gasteiger partial charge is 0.472 e. The van der Waals surface area contributed by atoms with Gasteiger partial charge in [-0.25, -0.2) is 4.57 Å². The molecule has 0 aliphatic rings. The predicted molar refractivity (Wildman–Crippen MR) is 252 cm³/mol. The van der Waals surface area contributed by atoms with E-state index < -0.39 is 51.8 Å². The molecule has 0 saturated carbocycles. The Morgan fingerprint density at radius 1 is 0.475 bits per heavy atom. The zero-order chi connectivity index (χ0) is 44.8. The molecular weight excluding hydrogens is 792 g/mol. The molecule has 0 aromatic heterocycles. The summed E-state index contributed by atoms with van der Waals surface area (Å²) in [6.45, 7) is 2.41. The lowest BCUT2D eigenvalue weighted by Gasteiger charge is -2.20. The maximum atomic E-state index is 12.7. The van der Waals surface area contributed by atoms with E-state index in [2.05, 4.69) is 26.0 Å². The van der Waals surface area contributed by atoms with Crippen LogP contribution in [-0.4, -0.2) is 65.7 Å². The molecule has 0 aromatic rings. The highest BCUT2D eigenvalue weighted by atomic mass is 31.2. The number of aliphatic hydroxyl groups excluding tert-OH is 2. The minimum atomic E-state index is -4.62. The number of phosphoric acid groups is 1. The number of rotatable bonds is 49. The lowest BCUT2D eigenvalue weighted by Crippen LogP contribution is -2.29. The smallest absolute Gasteiger partial charge is 0.462 e. The molecule has 3 N–H and O–H groups in total. The van der Waals surface area contributed by atoms with E-state index in [1.807, 2.05) is 0 Å². The van der Waals surface area contributed by atoms with Gasteiger partial charge < -0.3 is 24.6 Å². The quantitative estimate of drug-likeness (QED) is 0.0233. The molecule has 11 heteroatoms. The zero-order valence-corrected chi connectivity index (χ0v) is 40.5. The second-order valence-electron chi connectivity index (χ2n) is 17.6. The highest BCUT2D eigenvalue weighted by molar-refractivity contribution is 7.47. The minimum absolute atomic E-state index is 0.191. The van der Waals surface area contributed by atoms with Gasteiger partial charge in [0.15, 0.2) is 6.10 Å². The van der Waals surface area contributed by atoms with Gasteiger partial charge in [-0.15, -0.1) is 0 Å². The number of unbranched alkanes of at least 4 members (excludes halogenated alkanes) is 33. The van der Waals surface area contributed by atoms with Crippen molar-refractivity contribution in [2.24, 2.45) is 0 Å². The second-order valence-corrected chi connectivity index (χ2v) is 19.0. The summed E-state index contributed by atoms with van der Waals surface area (Å²) < 4.78 is 32.9. The van der Waals surface area contributed by atoms with Crippen LogP contribution >= 0.6 is 7.82 Å². The molecule has 10 nitrogen and oxygen atoms in total. The average molecular weight is 889 g/mol. The van der Waals surface area contributed by atoms with Crippen LogP contribution in [0.4, 0.5) is 0 Å². The monoisotopic (exact) mass is 889 g/mol. The van der Waals surface area contributed by atoms with Gasteiger partial charge >= 0.3 is 19.8 Å². The minimum Gasteiger partial charge on any atom is -0.462 e. The van der Waals surface area contributed by atoms with E-state index in [9.17, 15) is 24.2 Å². The summed E-state index contributed by atoms with van der Waals surface area (Å²) in [6.07, 6.45) is 47.5. The summed E-state index contributed by atoms with van der Waals surface area (Å²) in [6, 6.07) is 0. The first kappa shape index (κ1) is 59.7. The van der Waals surface area contributed by atoms with Crippen molar-refractivity contribution in [1.82, 2.24) is 0 Å². The van der Waals surface area contributed by atoms with Gasteiger partial charge in [-0.3, -0.25) is 18.6 Å². The molecule has 0 rings (SSSR count). The SMILES string of the molecule is CCCC/C=C/CCCCCCCCCCCC(=O)OC[C@H](COP(=O)(O)OC[C@@H](O)CO)OC(=O)CCCCCCCCCCCCCCCCCCCCCCCCC. The summed E-state index contributed by atoms with van der Waals surface area (Å²) in [5, 5.41) is 18.4. The van der Waals surface area contributed by atoms with Crippen LogP contribution in [0, 0.1) is 0 Å². The van der Waals surface area contributed by atoms with Crippen molar-refractivity contribution in [2.75, 3.05) is 26.4 Å². The Morgan fingerprint density at radius 3 is 1.23 bits per heavy atom. The van der Waals surface area contributed by atoms with Gasteiger partial charge in [-0.1, -0.05) is 225 Å². The number of phosphoric ester groups is 1. The second kappa shape index (κ2) is 46.7. The normalized spacial score (nSPS) is 13.7. The van der Waals surface area contributed by atoms with Gasteiger partial charge in [0.2, 0.25) is 0 Å². The third kappa shape index (κ3) is 46.5. The van der Waals surface area contributed by atoms with Crippen molar-refractivity contribution in [1.29, 1.82) is 0 Å². The van der Waals surface area contributed by atoms with Crippen LogP contribution in [-0.2, 0) is 32.7 Å². The van der Waals surface area contributed by atoms with E-state index in [0.717, 1.165) is 38.5 Å². The number of hydrogen-bond donors (Lipinski definition) is 3. The third-order valence-corrected chi connectivity index (χ3v) is 12.4. The molecule has 0 aromatic carbocycles. The van der Waals surface area contributed by atoms with Crippen LogP contribution in [0.2, 0.25) is 0 Å². The van der Waals surface area contributed by atoms with E-state index in [-0.39, 0.29) is 19.4 Å². The molecular formula is C50H97O10P. The first-order valence-electron chi connectivity index (χ1n) is 25.6. The topological polar surface area (TPSA) is 149 Å². The van der Waals surface area contributed by atoms with E-state index in [0.29, 0.717) is 12.8 Å². The molecule has 0 saturated heterocycles. The summed E-state index contributed by atoms with van der Waals surface area (Å²) in [4.78, 5) is 35.1. The maximum Gasteiger partial charge on any atom is 0.472 e.